The molecule has 1 aliphatic heterocycles. The fourth-order valence-corrected chi connectivity index (χ4v) is 4.27. The smallest absolute Gasteiger partial charge is 0.163 e. The molecule has 1 fully saturated rings. The van der Waals surface area contributed by atoms with Crippen molar-refractivity contribution in [1.82, 2.24) is 14.8 Å². The second-order valence-electron chi connectivity index (χ2n) is 6.36. The van der Waals surface area contributed by atoms with E-state index < -0.39 is 0 Å². The molecule has 0 radical (unpaired) electrons. The molecule has 0 bridgehead atoms. The fourth-order valence-electron chi connectivity index (χ4n) is 2.67. The van der Waals surface area contributed by atoms with E-state index in [1.54, 1.807) is 6.33 Å². The number of aryl methyl sites for hydroxylation is 1. The fraction of sp³-hybridized carbons (Fsp3) is 0.500. The lowest BCUT2D eigenvalue weighted by Gasteiger charge is -2.39. The third kappa shape index (κ3) is 3.07. The van der Waals surface area contributed by atoms with Gasteiger partial charge in [0.1, 0.15) is 6.33 Å². The normalized spacial score (nSPS) is 21.2. The topological polar surface area (TPSA) is 42.7 Å². The number of aromatic nitrogens is 3. The molecule has 1 aromatic carbocycles. The number of rotatable bonds is 3. The SMILES string of the molecule is Cn1cnnc1-c1cccc(NC2CSCCC2(C)C)c1. The molecular weight excluding hydrogens is 280 g/mol. The average molecular weight is 302 g/mol. The highest BCUT2D eigenvalue weighted by Crippen LogP contribution is 2.36. The highest BCUT2D eigenvalue weighted by atomic mass is 32.2. The molecule has 0 amide bonds. The largest absolute Gasteiger partial charge is 0.381 e. The van der Waals surface area contributed by atoms with Gasteiger partial charge in [-0.1, -0.05) is 26.0 Å². The van der Waals surface area contributed by atoms with Crippen molar-refractivity contribution in [2.45, 2.75) is 26.3 Å². The molecule has 2 heterocycles. The maximum absolute atomic E-state index is 4.18. The van der Waals surface area contributed by atoms with E-state index in [1.807, 2.05) is 23.4 Å². The van der Waals surface area contributed by atoms with Gasteiger partial charge in [0.2, 0.25) is 0 Å². The van der Waals surface area contributed by atoms with Crippen molar-refractivity contribution in [1.29, 1.82) is 0 Å². The number of thioether (sulfide) groups is 1. The van der Waals surface area contributed by atoms with Gasteiger partial charge in [-0.15, -0.1) is 10.2 Å². The molecule has 0 spiro atoms. The van der Waals surface area contributed by atoms with Crippen LogP contribution in [-0.2, 0) is 7.05 Å². The monoisotopic (exact) mass is 302 g/mol. The summed E-state index contributed by atoms with van der Waals surface area (Å²) in [6.45, 7) is 4.72. The van der Waals surface area contributed by atoms with Crippen LogP contribution in [0.5, 0.6) is 0 Å². The van der Waals surface area contributed by atoms with Crippen molar-refractivity contribution in [2.75, 3.05) is 16.8 Å². The van der Waals surface area contributed by atoms with Crippen molar-refractivity contribution in [3.8, 4) is 11.4 Å². The predicted molar refractivity (Wildman–Crippen MR) is 89.6 cm³/mol. The van der Waals surface area contributed by atoms with Crippen LogP contribution in [-0.4, -0.2) is 32.3 Å². The Bertz CT molecular complexity index is 620. The summed E-state index contributed by atoms with van der Waals surface area (Å²) in [6, 6.07) is 8.96. The minimum absolute atomic E-state index is 0.339. The van der Waals surface area contributed by atoms with Gasteiger partial charge in [0, 0.05) is 30.1 Å². The highest BCUT2D eigenvalue weighted by molar-refractivity contribution is 7.99. The van der Waals surface area contributed by atoms with Crippen LogP contribution in [0.1, 0.15) is 20.3 Å². The van der Waals surface area contributed by atoms with Crippen LogP contribution in [0.3, 0.4) is 0 Å². The molecule has 1 unspecified atom stereocenters. The van der Waals surface area contributed by atoms with Gasteiger partial charge in [-0.25, -0.2) is 0 Å². The second-order valence-corrected chi connectivity index (χ2v) is 7.51. The number of hydrogen-bond acceptors (Lipinski definition) is 4. The van der Waals surface area contributed by atoms with E-state index in [9.17, 15) is 0 Å². The zero-order valence-corrected chi connectivity index (χ0v) is 13.7. The number of hydrogen-bond donors (Lipinski definition) is 1. The molecule has 2 aromatic rings. The number of anilines is 1. The maximum atomic E-state index is 4.18. The minimum Gasteiger partial charge on any atom is -0.381 e. The molecule has 5 heteroatoms. The first kappa shape index (κ1) is 14.4. The van der Waals surface area contributed by atoms with E-state index >= 15 is 0 Å². The number of nitrogens with one attached hydrogen (secondary N) is 1. The van der Waals surface area contributed by atoms with E-state index in [2.05, 4.69) is 53.6 Å². The van der Waals surface area contributed by atoms with Crippen molar-refractivity contribution < 1.29 is 0 Å². The van der Waals surface area contributed by atoms with Gasteiger partial charge in [-0.2, -0.15) is 11.8 Å². The molecule has 1 atom stereocenters. The first-order valence-corrected chi connectivity index (χ1v) is 8.50. The van der Waals surface area contributed by atoms with Gasteiger partial charge in [0.25, 0.3) is 0 Å². The molecule has 112 valence electrons. The van der Waals surface area contributed by atoms with E-state index in [0.29, 0.717) is 11.5 Å². The lowest BCUT2D eigenvalue weighted by molar-refractivity contribution is 0.305. The summed E-state index contributed by atoms with van der Waals surface area (Å²) in [5.41, 5.74) is 2.60. The Hall–Kier alpha value is -1.49. The summed E-state index contributed by atoms with van der Waals surface area (Å²) in [5, 5.41) is 11.9. The molecule has 4 nitrogen and oxygen atoms in total. The van der Waals surface area contributed by atoms with Crippen LogP contribution < -0.4 is 5.32 Å². The van der Waals surface area contributed by atoms with Crippen LogP contribution in [0.2, 0.25) is 0 Å². The molecule has 1 saturated heterocycles. The molecule has 21 heavy (non-hydrogen) atoms. The summed E-state index contributed by atoms with van der Waals surface area (Å²) in [7, 11) is 1.97. The summed E-state index contributed by atoms with van der Waals surface area (Å²) >= 11 is 2.04. The average Bonchev–Trinajstić information content (AvgIpc) is 2.88. The molecular formula is C16H22N4S. The van der Waals surface area contributed by atoms with Crippen LogP contribution in [0, 0.1) is 5.41 Å². The van der Waals surface area contributed by atoms with Crippen LogP contribution in [0.15, 0.2) is 30.6 Å². The second kappa shape index (κ2) is 5.72. The molecule has 1 aromatic heterocycles. The summed E-state index contributed by atoms with van der Waals surface area (Å²) in [6.07, 6.45) is 2.99. The van der Waals surface area contributed by atoms with E-state index in [4.69, 9.17) is 0 Å². The predicted octanol–water partition coefficient (Wildman–Crippen LogP) is 3.43. The van der Waals surface area contributed by atoms with Gasteiger partial charge < -0.3 is 9.88 Å². The Morgan fingerprint density at radius 3 is 2.95 bits per heavy atom. The molecule has 0 aliphatic carbocycles. The van der Waals surface area contributed by atoms with Crippen LogP contribution in [0.4, 0.5) is 5.69 Å². The van der Waals surface area contributed by atoms with Crippen LogP contribution in [0.25, 0.3) is 11.4 Å². The third-order valence-electron chi connectivity index (χ3n) is 4.29. The molecule has 1 N–H and O–H groups in total. The Balaban J connectivity index is 1.82. The number of benzene rings is 1. The zero-order valence-electron chi connectivity index (χ0n) is 12.8. The van der Waals surface area contributed by atoms with Crippen molar-refractivity contribution in [3.63, 3.8) is 0 Å². The van der Waals surface area contributed by atoms with Crippen molar-refractivity contribution in [3.05, 3.63) is 30.6 Å². The lowest BCUT2D eigenvalue weighted by atomic mass is 9.82. The Labute approximate surface area is 130 Å². The standard InChI is InChI=1S/C16H22N4S/c1-16(2)7-8-21-10-14(16)18-13-6-4-5-12(9-13)15-19-17-11-20(15)3/h4-6,9,11,14,18H,7-8,10H2,1-3H3. The highest BCUT2D eigenvalue weighted by Gasteiger charge is 2.32. The summed E-state index contributed by atoms with van der Waals surface area (Å²) in [5.74, 6) is 3.33. The van der Waals surface area contributed by atoms with Gasteiger partial charge in [-0.3, -0.25) is 0 Å². The quantitative estimate of drug-likeness (QED) is 0.943. The first-order chi connectivity index (χ1) is 10.1. The Morgan fingerprint density at radius 1 is 1.38 bits per heavy atom. The molecule has 1 aliphatic rings. The summed E-state index contributed by atoms with van der Waals surface area (Å²) in [4.78, 5) is 0. The van der Waals surface area contributed by atoms with Gasteiger partial charge in [-0.05, 0) is 29.7 Å². The lowest BCUT2D eigenvalue weighted by Crippen LogP contribution is -2.41. The van der Waals surface area contributed by atoms with Crippen LogP contribution >= 0.6 is 11.8 Å². The van der Waals surface area contributed by atoms with E-state index in [1.165, 1.54) is 17.9 Å². The first-order valence-electron chi connectivity index (χ1n) is 7.35. The molecule has 0 saturated carbocycles. The van der Waals surface area contributed by atoms with Gasteiger partial charge in [0.05, 0.1) is 0 Å². The van der Waals surface area contributed by atoms with Gasteiger partial charge >= 0.3 is 0 Å². The zero-order chi connectivity index (χ0) is 14.9. The Morgan fingerprint density at radius 2 is 2.24 bits per heavy atom. The Kier molecular flexibility index (Phi) is 3.93. The van der Waals surface area contributed by atoms with E-state index in [-0.39, 0.29) is 0 Å². The molecule has 3 rings (SSSR count). The van der Waals surface area contributed by atoms with Gasteiger partial charge in [0.15, 0.2) is 5.82 Å². The minimum atomic E-state index is 0.339. The van der Waals surface area contributed by atoms with Crippen molar-refractivity contribution >= 4 is 17.4 Å². The maximum Gasteiger partial charge on any atom is 0.163 e. The third-order valence-corrected chi connectivity index (χ3v) is 5.35. The van der Waals surface area contributed by atoms with Crippen molar-refractivity contribution in [2.24, 2.45) is 12.5 Å². The number of nitrogens with zero attached hydrogens (tertiary/aromatic N) is 3. The summed E-state index contributed by atoms with van der Waals surface area (Å²) < 4.78 is 1.94. The van der Waals surface area contributed by atoms with E-state index in [0.717, 1.165) is 17.1 Å².